The van der Waals surface area contributed by atoms with Crippen LogP contribution in [0.15, 0.2) is 0 Å². The van der Waals surface area contributed by atoms with Crippen molar-refractivity contribution in [2.45, 2.75) is 79.4 Å². The van der Waals surface area contributed by atoms with E-state index in [-0.39, 0.29) is 24.5 Å². The summed E-state index contributed by atoms with van der Waals surface area (Å²) in [5.74, 6) is -1.60. The van der Waals surface area contributed by atoms with Crippen molar-refractivity contribution >= 4 is 11.9 Å². The minimum absolute atomic E-state index is 0.00667. The third-order valence-corrected chi connectivity index (χ3v) is 3.55. The van der Waals surface area contributed by atoms with Crippen LogP contribution in [0.4, 0.5) is 0 Å². The van der Waals surface area contributed by atoms with Gasteiger partial charge < -0.3 is 25.2 Å². The van der Waals surface area contributed by atoms with Gasteiger partial charge in [-0.05, 0) is 39.5 Å². The average Bonchev–Trinajstić information content (AvgIpc) is 2.55. The number of carbonyl (C=O) groups is 2. The maximum Gasteiger partial charge on any atom is 0.306 e. The quantitative estimate of drug-likeness (QED) is 0.468. The van der Waals surface area contributed by atoms with Gasteiger partial charge in [-0.25, -0.2) is 0 Å². The third-order valence-electron chi connectivity index (χ3n) is 3.55. The van der Waals surface area contributed by atoms with Gasteiger partial charge in [-0.2, -0.15) is 0 Å². The largest absolute Gasteiger partial charge is 0.481 e. The molecule has 2 unspecified atom stereocenters. The van der Waals surface area contributed by atoms with Crippen LogP contribution in [-0.2, 0) is 14.3 Å². The van der Waals surface area contributed by atoms with Crippen LogP contribution in [0.25, 0.3) is 0 Å². The molecule has 7 heteroatoms. The number of aliphatic hydroxyl groups is 2. The minimum atomic E-state index is -0.671. The molecular formula is C18H38O7. The van der Waals surface area contributed by atoms with Crippen LogP contribution in [0.5, 0.6) is 0 Å². The highest BCUT2D eigenvalue weighted by Gasteiger charge is 2.10. The van der Waals surface area contributed by atoms with E-state index in [9.17, 15) is 9.59 Å². The number of hydrogen-bond donors (Lipinski definition) is 4. The second kappa shape index (κ2) is 19.1. The standard InChI is InChI=1S/C6H14O3.2C6H12O2/c1-5(8)4-9-6(2)3-7;2*1-3-5(4-2)6(7)8/h5-8H,3-4H2,1-2H3;2*5H,3-4H2,1-2H3,(H,7,8). The Morgan fingerprint density at radius 2 is 1.16 bits per heavy atom. The van der Waals surface area contributed by atoms with Gasteiger partial charge >= 0.3 is 11.9 Å². The molecule has 4 N–H and O–H groups in total. The molecule has 0 rings (SSSR count). The van der Waals surface area contributed by atoms with E-state index in [0.717, 1.165) is 25.7 Å². The number of aliphatic carboxylic acids is 2. The second-order valence-electron chi connectivity index (χ2n) is 5.88. The van der Waals surface area contributed by atoms with E-state index in [1.807, 2.05) is 27.7 Å². The fourth-order valence-corrected chi connectivity index (χ4v) is 1.63. The van der Waals surface area contributed by atoms with Gasteiger partial charge in [-0.3, -0.25) is 9.59 Å². The molecule has 0 saturated carbocycles. The maximum absolute atomic E-state index is 10.2. The zero-order valence-electron chi connectivity index (χ0n) is 16.6. The molecule has 0 amide bonds. The zero-order chi connectivity index (χ0) is 20.4. The molecule has 152 valence electrons. The summed E-state index contributed by atoms with van der Waals surface area (Å²) in [6.45, 7) is 11.3. The first kappa shape index (κ1) is 28.6. The molecule has 0 aliphatic carbocycles. The Hall–Kier alpha value is -1.18. The first-order valence-electron chi connectivity index (χ1n) is 8.96. The Morgan fingerprint density at radius 3 is 1.28 bits per heavy atom. The van der Waals surface area contributed by atoms with Gasteiger partial charge in [0.25, 0.3) is 0 Å². The molecule has 0 aromatic heterocycles. The fourth-order valence-electron chi connectivity index (χ4n) is 1.63. The van der Waals surface area contributed by atoms with E-state index in [2.05, 4.69) is 0 Å². The third kappa shape index (κ3) is 20.8. The van der Waals surface area contributed by atoms with Gasteiger partial charge in [0.05, 0.1) is 37.3 Å². The van der Waals surface area contributed by atoms with E-state index < -0.39 is 18.0 Å². The number of carboxylic acid groups (broad SMARTS) is 2. The highest BCUT2D eigenvalue weighted by molar-refractivity contribution is 5.70. The Kier molecular flexibility index (Phi) is 21.9. The molecule has 7 nitrogen and oxygen atoms in total. The van der Waals surface area contributed by atoms with Crippen molar-refractivity contribution in [2.75, 3.05) is 13.2 Å². The van der Waals surface area contributed by atoms with Crippen molar-refractivity contribution in [3.8, 4) is 0 Å². The van der Waals surface area contributed by atoms with Gasteiger partial charge in [0.2, 0.25) is 0 Å². The van der Waals surface area contributed by atoms with E-state index in [4.69, 9.17) is 25.2 Å². The van der Waals surface area contributed by atoms with Crippen LogP contribution < -0.4 is 0 Å². The normalized spacial score (nSPS) is 12.6. The van der Waals surface area contributed by atoms with Gasteiger partial charge in [0.15, 0.2) is 0 Å². The van der Waals surface area contributed by atoms with Crippen LogP contribution in [0, 0.1) is 11.8 Å². The van der Waals surface area contributed by atoms with E-state index in [0.29, 0.717) is 6.61 Å². The topological polar surface area (TPSA) is 124 Å². The summed E-state index contributed by atoms with van der Waals surface area (Å²) >= 11 is 0. The number of carboxylic acids is 2. The van der Waals surface area contributed by atoms with Crippen LogP contribution in [0.2, 0.25) is 0 Å². The van der Waals surface area contributed by atoms with Gasteiger partial charge in [0, 0.05) is 0 Å². The fraction of sp³-hybridized carbons (Fsp3) is 0.889. The van der Waals surface area contributed by atoms with E-state index in [1.54, 1.807) is 13.8 Å². The predicted molar refractivity (Wildman–Crippen MR) is 97.6 cm³/mol. The highest BCUT2D eigenvalue weighted by atomic mass is 16.5. The molecule has 0 saturated heterocycles. The Balaban J connectivity index is -0.000000291. The summed E-state index contributed by atoms with van der Waals surface area (Å²) in [7, 11) is 0. The maximum atomic E-state index is 10.2. The Labute approximate surface area is 152 Å². The lowest BCUT2D eigenvalue weighted by molar-refractivity contribution is -0.142. The van der Waals surface area contributed by atoms with E-state index >= 15 is 0 Å². The lowest BCUT2D eigenvalue weighted by Gasteiger charge is -2.10. The zero-order valence-corrected chi connectivity index (χ0v) is 16.6. The van der Waals surface area contributed by atoms with Crippen LogP contribution in [-0.4, -0.2) is 57.8 Å². The molecular weight excluding hydrogens is 328 g/mol. The van der Waals surface area contributed by atoms with Crippen molar-refractivity contribution in [3.05, 3.63) is 0 Å². The van der Waals surface area contributed by atoms with Gasteiger partial charge in [-0.15, -0.1) is 0 Å². The summed E-state index contributed by atoms with van der Waals surface area (Å²) in [4.78, 5) is 20.3. The monoisotopic (exact) mass is 366 g/mol. The van der Waals surface area contributed by atoms with Gasteiger partial charge in [-0.1, -0.05) is 27.7 Å². The molecule has 2 atom stereocenters. The highest BCUT2D eigenvalue weighted by Crippen LogP contribution is 2.06. The molecule has 0 aromatic rings. The second-order valence-corrected chi connectivity index (χ2v) is 5.88. The lowest BCUT2D eigenvalue weighted by Crippen LogP contribution is -2.19. The first-order valence-corrected chi connectivity index (χ1v) is 8.96. The lowest BCUT2D eigenvalue weighted by atomic mass is 10.1. The van der Waals surface area contributed by atoms with Crippen molar-refractivity contribution in [2.24, 2.45) is 11.8 Å². The van der Waals surface area contributed by atoms with Gasteiger partial charge in [0.1, 0.15) is 0 Å². The van der Waals surface area contributed by atoms with Crippen molar-refractivity contribution in [3.63, 3.8) is 0 Å². The molecule has 0 bridgehead atoms. The van der Waals surface area contributed by atoms with E-state index in [1.165, 1.54) is 0 Å². The summed E-state index contributed by atoms with van der Waals surface area (Å²) in [6, 6.07) is 0. The van der Waals surface area contributed by atoms with Crippen molar-refractivity contribution in [1.29, 1.82) is 0 Å². The van der Waals surface area contributed by atoms with Crippen LogP contribution >= 0.6 is 0 Å². The molecule has 0 aliphatic heterocycles. The number of rotatable bonds is 10. The predicted octanol–water partition coefficient (Wildman–Crippen LogP) is 2.78. The minimum Gasteiger partial charge on any atom is -0.481 e. The number of hydrogen-bond acceptors (Lipinski definition) is 5. The molecule has 0 aromatic carbocycles. The van der Waals surface area contributed by atoms with Crippen molar-refractivity contribution in [1.82, 2.24) is 0 Å². The van der Waals surface area contributed by atoms with Crippen molar-refractivity contribution < 1.29 is 34.8 Å². The molecule has 0 aliphatic rings. The molecule has 0 heterocycles. The Morgan fingerprint density at radius 1 is 0.840 bits per heavy atom. The molecule has 25 heavy (non-hydrogen) atoms. The molecule has 0 radical (unpaired) electrons. The summed E-state index contributed by atoms with van der Waals surface area (Å²) in [5, 5.41) is 33.9. The molecule has 0 spiro atoms. The first-order chi connectivity index (χ1) is 11.6. The number of ether oxygens (including phenoxy) is 1. The summed E-state index contributed by atoms with van der Waals surface area (Å²) in [5.41, 5.74) is 0. The SMILES string of the molecule is CC(O)COC(C)CO.CCC(CC)C(=O)O.CCC(CC)C(=O)O. The Bertz CT molecular complexity index is 289. The summed E-state index contributed by atoms with van der Waals surface area (Å²) in [6.07, 6.45) is 2.36. The van der Waals surface area contributed by atoms with Crippen LogP contribution in [0.1, 0.15) is 67.2 Å². The average molecular weight is 366 g/mol. The number of aliphatic hydroxyl groups excluding tert-OH is 2. The molecule has 0 fully saturated rings. The smallest absolute Gasteiger partial charge is 0.306 e. The summed E-state index contributed by atoms with van der Waals surface area (Å²) < 4.78 is 4.95. The van der Waals surface area contributed by atoms with Crippen LogP contribution in [0.3, 0.4) is 0 Å².